The molecule has 0 saturated carbocycles. The van der Waals surface area contributed by atoms with E-state index in [0.29, 0.717) is 5.92 Å². The molecule has 0 saturated heterocycles. The number of aliphatic hydroxyl groups is 1. The number of hydrogen-bond acceptors (Lipinski definition) is 1. The maximum Gasteiger partial charge on any atom is 0.0614 e. The predicted octanol–water partition coefficient (Wildman–Crippen LogP) is 4.64. The van der Waals surface area contributed by atoms with Crippen LogP contribution in [-0.4, -0.2) is 11.7 Å². The maximum absolute atomic E-state index is 8.80. The van der Waals surface area contributed by atoms with Gasteiger partial charge in [-0.1, -0.05) is 41.9 Å². The zero-order valence-electron chi connectivity index (χ0n) is 12.1. The molecule has 1 N–H and O–H groups in total. The lowest BCUT2D eigenvalue weighted by atomic mass is 9.98. The van der Waals surface area contributed by atoms with Gasteiger partial charge < -0.3 is 5.11 Å². The normalized spacial score (nSPS) is 14.7. The molecule has 0 rings (SSSR count). The summed E-state index contributed by atoms with van der Waals surface area (Å²) in [7, 11) is 0. The van der Waals surface area contributed by atoms with Gasteiger partial charge >= 0.3 is 0 Å². The fourth-order valence-corrected chi connectivity index (χ4v) is 1.96. The van der Waals surface area contributed by atoms with E-state index in [2.05, 4.69) is 46.8 Å². The van der Waals surface area contributed by atoms with Gasteiger partial charge in [-0.2, -0.15) is 0 Å². The molecule has 0 aliphatic carbocycles. The maximum atomic E-state index is 8.80. The molecule has 0 aliphatic rings. The molecule has 1 nitrogen and oxygen atoms in total. The van der Waals surface area contributed by atoms with E-state index in [9.17, 15) is 0 Å². The average Bonchev–Trinajstić information content (AvgIpc) is 2.16. The highest BCUT2D eigenvalue weighted by Crippen LogP contribution is 2.16. The molecule has 0 bridgehead atoms. The van der Waals surface area contributed by atoms with E-state index in [-0.39, 0.29) is 6.61 Å². The van der Waals surface area contributed by atoms with Crippen LogP contribution in [0.5, 0.6) is 0 Å². The van der Waals surface area contributed by atoms with Gasteiger partial charge in [0.1, 0.15) is 0 Å². The van der Waals surface area contributed by atoms with Crippen LogP contribution < -0.4 is 0 Å². The summed E-state index contributed by atoms with van der Waals surface area (Å²) >= 11 is 0. The van der Waals surface area contributed by atoms with Crippen LogP contribution in [0.25, 0.3) is 0 Å². The van der Waals surface area contributed by atoms with E-state index in [1.54, 1.807) is 0 Å². The van der Waals surface area contributed by atoms with Crippen molar-refractivity contribution in [3.8, 4) is 0 Å². The van der Waals surface area contributed by atoms with E-state index in [0.717, 1.165) is 19.3 Å². The largest absolute Gasteiger partial charge is 0.392 e. The fraction of sp³-hybridized carbons (Fsp3) is 0.625. The minimum absolute atomic E-state index is 0.155. The smallest absolute Gasteiger partial charge is 0.0614 e. The molecule has 98 valence electrons. The second kappa shape index (κ2) is 9.23. The van der Waals surface area contributed by atoms with Crippen molar-refractivity contribution in [2.75, 3.05) is 6.61 Å². The summed E-state index contributed by atoms with van der Waals surface area (Å²) in [6.45, 7) is 11.0. The number of allylic oxidation sites excluding steroid dienone is 5. The van der Waals surface area contributed by atoms with E-state index >= 15 is 0 Å². The molecule has 0 aromatic rings. The topological polar surface area (TPSA) is 20.2 Å². The number of rotatable bonds is 7. The quantitative estimate of drug-likeness (QED) is 0.638. The summed E-state index contributed by atoms with van der Waals surface area (Å²) in [5.41, 5.74) is 4.13. The summed E-state index contributed by atoms with van der Waals surface area (Å²) in [4.78, 5) is 0. The van der Waals surface area contributed by atoms with Crippen molar-refractivity contribution < 1.29 is 5.11 Å². The van der Waals surface area contributed by atoms with Crippen molar-refractivity contribution in [3.05, 3.63) is 34.9 Å². The Morgan fingerprint density at radius 1 is 1.06 bits per heavy atom. The Labute approximate surface area is 107 Å². The van der Waals surface area contributed by atoms with Crippen molar-refractivity contribution in [1.29, 1.82) is 0 Å². The Morgan fingerprint density at radius 2 is 1.71 bits per heavy atom. The van der Waals surface area contributed by atoms with Crippen molar-refractivity contribution >= 4 is 0 Å². The van der Waals surface area contributed by atoms with Gasteiger partial charge in [-0.3, -0.25) is 0 Å². The third-order valence-corrected chi connectivity index (χ3v) is 2.74. The van der Waals surface area contributed by atoms with Gasteiger partial charge in [-0.05, 0) is 52.9 Å². The highest BCUT2D eigenvalue weighted by atomic mass is 16.2. The molecule has 17 heavy (non-hydrogen) atoms. The van der Waals surface area contributed by atoms with Crippen molar-refractivity contribution in [1.82, 2.24) is 0 Å². The zero-order valence-corrected chi connectivity index (χ0v) is 12.1. The first-order valence-corrected chi connectivity index (χ1v) is 6.52. The molecule has 0 aromatic carbocycles. The predicted molar refractivity (Wildman–Crippen MR) is 77.0 cm³/mol. The zero-order chi connectivity index (χ0) is 13.3. The van der Waals surface area contributed by atoms with Crippen LogP contribution in [0.15, 0.2) is 34.9 Å². The summed E-state index contributed by atoms with van der Waals surface area (Å²) in [6.07, 6.45) is 9.87. The molecule has 0 heterocycles. The Morgan fingerprint density at radius 3 is 2.24 bits per heavy atom. The first kappa shape index (κ1) is 16.2. The highest BCUT2D eigenvalue weighted by molar-refractivity contribution is 5.07. The van der Waals surface area contributed by atoms with Crippen LogP contribution in [0.1, 0.15) is 53.9 Å². The van der Waals surface area contributed by atoms with E-state index < -0.39 is 0 Å². The van der Waals surface area contributed by atoms with Crippen LogP contribution in [0.2, 0.25) is 0 Å². The van der Waals surface area contributed by atoms with E-state index in [4.69, 9.17) is 5.11 Å². The average molecular weight is 236 g/mol. The standard InChI is InChI=1S/C16H28O/c1-13(2)7-6-8-14(3)11-16(5)12-15(4)9-10-17/h7,9,11,16-17H,6,8,10,12H2,1-5H3/b14-11+,15-9+/t16-/m1/s1. The lowest BCUT2D eigenvalue weighted by Crippen LogP contribution is -1.94. The van der Waals surface area contributed by atoms with E-state index in [1.165, 1.54) is 16.7 Å². The Balaban J connectivity index is 4.10. The van der Waals surface area contributed by atoms with Crippen molar-refractivity contribution in [2.24, 2.45) is 5.92 Å². The Kier molecular flexibility index (Phi) is 8.79. The highest BCUT2D eigenvalue weighted by Gasteiger charge is 2.00. The van der Waals surface area contributed by atoms with Crippen molar-refractivity contribution in [2.45, 2.75) is 53.9 Å². The lowest BCUT2D eigenvalue weighted by Gasteiger charge is -2.08. The fourth-order valence-electron chi connectivity index (χ4n) is 1.96. The van der Waals surface area contributed by atoms with Gasteiger partial charge in [0.2, 0.25) is 0 Å². The summed E-state index contributed by atoms with van der Waals surface area (Å²) in [5, 5.41) is 8.80. The van der Waals surface area contributed by atoms with Gasteiger partial charge in [-0.25, -0.2) is 0 Å². The monoisotopic (exact) mass is 236 g/mol. The molecule has 0 spiro atoms. The molecule has 0 radical (unpaired) electrons. The van der Waals surface area contributed by atoms with E-state index in [1.807, 2.05) is 6.08 Å². The molecule has 1 atom stereocenters. The van der Waals surface area contributed by atoms with Gasteiger partial charge in [0.15, 0.2) is 0 Å². The Hall–Kier alpha value is -0.820. The molecule has 0 amide bonds. The first-order chi connectivity index (χ1) is 7.95. The molecule has 1 heteroatoms. The van der Waals surface area contributed by atoms with Crippen LogP contribution >= 0.6 is 0 Å². The molecule has 0 aromatic heterocycles. The third kappa shape index (κ3) is 10.1. The van der Waals surface area contributed by atoms with Gasteiger partial charge in [0.25, 0.3) is 0 Å². The molecule has 0 fully saturated rings. The molecule has 0 unspecified atom stereocenters. The summed E-state index contributed by atoms with van der Waals surface area (Å²) < 4.78 is 0. The second-order valence-electron chi connectivity index (χ2n) is 5.25. The third-order valence-electron chi connectivity index (χ3n) is 2.74. The summed E-state index contributed by atoms with van der Waals surface area (Å²) in [5.74, 6) is 0.560. The second-order valence-corrected chi connectivity index (χ2v) is 5.25. The first-order valence-electron chi connectivity index (χ1n) is 6.52. The van der Waals surface area contributed by atoms with Crippen LogP contribution in [0.4, 0.5) is 0 Å². The Bertz CT molecular complexity index is 291. The summed E-state index contributed by atoms with van der Waals surface area (Å²) in [6, 6.07) is 0. The molecular weight excluding hydrogens is 208 g/mol. The number of hydrogen-bond donors (Lipinski definition) is 1. The van der Waals surface area contributed by atoms with Gasteiger partial charge in [0.05, 0.1) is 6.61 Å². The SMILES string of the molecule is CC(C)=CCC/C(C)=C/[C@@H](C)C/C(C)=C/CO. The van der Waals surface area contributed by atoms with Gasteiger partial charge in [-0.15, -0.1) is 0 Å². The van der Waals surface area contributed by atoms with Crippen LogP contribution in [0, 0.1) is 5.92 Å². The molecule has 0 aliphatic heterocycles. The van der Waals surface area contributed by atoms with Crippen molar-refractivity contribution in [3.63, 3.8) is 0 Å². The van der Waals surface area contributed by atoms with Crippen LogP contribution in [-0.2, 0) is 0 Å². The number of aliphatic hydroxyl groups excluding tert-OH is 1. The minimum atomic E-state index is 0.155. The lowest BCUT2D eigenvalue weighted by molar-refractivity contribution is 0.341. The minimum Gasteiger partial charge on any atom is -0.392 e. The van der Waals surface area contributed by atoms with Crippen LogP contribution in [0.3, 0.4) is 0 Å². The van der Waals surface area contributed by atoms with Gasteiger partial charge in [0, 0.05) is 0 Å². The molecular formula is C16H28O.